The summed E-state index contributed by atoms with van der Waals surface area (Å²) >= 11 is 0. The van der Waals surface area contributed by atoms with E-state index in [0.717, 1.165) is 22.2 Å². The molecule has 5 rings (SSSR count). The average Bonchev–Trinajstić information content (AvgIpc) is 3.22. The van der Waals surface area contributed by atoms with Crippen LogP contribution < -0.4 is 0 Å². The fourth-order valence-corrected chi connectivity index (χ4v) is 3.15. The van der Waals surface area contributed by atoms with E-state index in [1.165, 1.54) is 11.1 Å². The first-order valence-corrected chi connectivity index (χ1v) is 8.51. The van der Waals surface area contributed by atoms with E-state index in [2.05, 4.69) is 48.1 Å². The number of nitrogens with zero attached hydrogens (tertiary/aromatic N) is 2. The highest BCUT2D eigenvalue weighted by Crippen LogP contribution is 2.31. The van der Waals surface area contributed by atoms with Gasteiger partial charge in [-0.15, -0.1) is 0 Å². The quantitative estimate of drug-likeness (QED) is 0.400. The number of aromatic nitrogens is 2. The Morgan fingerprint density at radius 3 is 1.58 bits per heavy atom. The lowest BCUT2D eigenvalue weighted by atomic mass is 10.1. The van der Waals surface area contributed by atoms with Crippen LogP contribution in [0.5, 0.6) is 0 Å². The summed E-state index contributed by atoms with van der Waals surface area (Å²) in [5.41, 5.74) is 7.21. The average molecular weight is 340 g/mol. The third kappa shape index (κ3) is 2.47. The van der Waals surface area contributed by atoms with E-state index in [1.807, 2.05) is 36.4 Å². The second-order valence-corrected chi connectivity index (χ2v) is 6.56. The molecular formula is C22H16N2O2. The molecule has 0 saturated carbocycles. The molecule has 3 aromatic carbocycles. The third-order valence-electron chi connectivity index (χ3n) is 4.43. The highest BCUT2D eigenvalue weighted by molar-refractivity contribution is 5.91. The van der Waals surface area contributed by atoms with Crippen LogP contribution in [0.4, 0.5) is 0 Å². The van der Waals surface area contributed by atoms with Gasteiger partial charge in [-0.1, -0.05) is 35.4 Å². The van der Waals surface area contributed by atoms with Crippen LogP contribution in [0.2, 0.25) is 0 Å². The normalized spacial score (nSPS) is 11.5. The van der Waals surface area contributed by atoms with Gasteiger partial charge in [0.15, 0.2) is 11.2 Å². The van der Waals surface area contributed by atoms with E-state index in [1.54, 1.807) is 0 Å². The molecule has 0 saturated heterocycles. The summed E-state index contributed by atoms with van der Waals surface area (Å²) in [5, 5.41) is 0. The number of hydrogen-bond donors (Lipinski definition) is 0. The monoisotopic (exact) mass is 340 g/mol. The summed E-state index contributed by atoms with van der Waals surface area (Å²) in [6.45, 7) is 4.10. The number of fused-ring (bicyclic) bond motifs is 2. The highest BCUT2D eigenvalue weighted by Gasteiger charge is 2.14. The highest BCUT2D eigenvalue weighted by atomic mass is 16.4. The van der Waals surface area contributed by atoms with Gasteiger partial charge in [-0.25, -0.2) is 9.97 Å². The summed E-state index contributed by atoms with van der Waals surface area (Å²) in [6.07, 6.45) is 0. The Bertz CT molecular complexity index is 1120. The van der Waals surface area contributed by atoms with Crippen LogP contribution in [0.25, 0.3) is 45.1 Å². The zero-order valence-corrected chi connectivity index (χ0v) is 14.5. The number of hydrogen-bond acceptors (Lipinski definition) is 4. The van der Waals surface area contributed by atoms with Crippen molar-refractivity contribution in [3.8, 4) is 22.9 Å². The molecule has 26 heavy (non-hydrogen) atoms. The van der Waals surface area contributed by atoms with Crippen molar-refractivity contribution in [2.45, 2.75) is 13.8 Å². The maximum absolute atomic E-state index is 5.95. The Hall–Kier alpha value is -3.40. The number of oxazole rings is 2. The smallest absolute Gasteiger partial charge is 0.227 e. The van der Waals surface area contributed by atoms with Crippen LogP contribution in [-0.2, 0) is 0 Å². The number of aryl methyl sites for hydroxylation is 2. The third-order valence-corrected chi connectivity index (χ3v) is 4.43. The maximum Gasteiger partial charge on any atom is 0.227 e. The molecular weight excluding hydrogens is 324 g/mol. The van der Waals surface area contributed by atoms with Gasteiger partial charge in [0, 0.05) is 17.2 Å². The first-order chi connectivity index (χ1) is 12.7. The fourth-order valence-electron chi connectivity index (χ4n) is 3.15. The molecule has 2 heterocycles. The van der Waals surface area contributed by atoms with Crippen LogP contribution in [-0.4, -0.2) is 9.97 Å². The Kier molecular flexibility index (Phi) is 3.19. The first kappa shape index (κ1) is 14.9. The molecule has 0 radical (unpaired) electrons. The molecule has 0 unspecified atom stereocenters. The van der Waals surface area contributed by atoms with Crippen molar-refractivity contribution in [3.05, 3.63) is 71.8 Å². The molecule has 0 bridgehead atoms. The lowest BCUT2D eigenvalue weighted by Crippen LogP contribution is -1.79. The van der Waals surface area contributed by atoms with Crippen molar-refractivity contribution in [3.63, 3.8) is 0 Å². The van der Waals surface area contributed by atoms with Gasteiger partial charge in [0.1, 0.15) is 11.0 Å². The van der Waals surface area contributed by atoms with E-state index in [9.17, 15) is 0 Å². The minimum Gasteiger partial charge on any atom is -0.436 e. The van der Waals surface area contributed by atoms with Crippen LogP contribution in [0.1, 0.15) is 11.1 Å². The van der Waals surface area contributed by atoms with Crippen molar-refractivity contribution >= 4 is 22.2 Å². The summed E-state index contributed by atoms with van der Waals surface area (Å²) in [7, 11) is 0. The van der Waals surface area contributed by atoms with Gasteiger partial charge in [0.2, 0.25) is 11.8 Å². The molecule has 4 heteroatoms. The molecule has 0 aliphatic carbocycles. The Balaban J connectivity index is 1.63. The van der Waals surface area contributed by atoms with Crippen LogP contribution >= 0.6 is 0 Å². The molecule has 0 spiro atoms. The summed E-state index contributed by atoms with van der Waals surface area (Å²) in [4.78, 5) is 9.24. The van der Waals surface area contributed by atoms with Crippen molar-refractivity contribution in [2.24, 2.45) is 0 Å². The van der Waals surface area contributed by atoms with Gasteiger partial charge in [0.05, 0.1) is 0 Å². The van der Waals surface area contributed by atoms with Crippen LogP contribution in [0.3, 0.4) is 0 Å². The second kappa shape index (κ2) is 5.56. The van der Waals surface area contributed by atoms with Crippen molar-refractivity contribution in [1.29, 1.82) is 0 Å². The van der Waals surface area contributed by atoms with Crippen LogP contribution in [0.15, 0.2) is 69.5 Å². The molecule has 0 aliphatic rings. The van der Waals surface area contributed by atoms with Gasteiger partial charge >= 0.3 is 0 Å². The van der Waals surface area contributed by atoms with Gasteiger partial charge in [-0.05, 0) is 44.2 Å². The van der Waals surface area contributed by atoms with E-state index in [0.29, 0.717) is 22.9 Å². The molecule has 0 atom stereocenters. The molecule has 126 valence electrons. The van der Waals surface area contributed by atoms with Crippen molar-refractivity contribution in [1.82, 2.24) is 9.97 Å². The standard InChI is InChI=1S/C22H16N2O2/c1-13-5-3-7-15(9-13)21-23-17-11-18-20(12-19(17)25-21)26-22(24-18)16-8-4-6-14(2)10-16/h3-12H,1-2H3. The van der Waals surface area contributed by atoms with Crippen molar-refractivity contribution < 1.29 is 8.83 Å². The minimum absolute atomic E-state index is 0.607. The molecule has 5 aromatic rings. The number of benzene rings is 3. The summed E-state index contributed by atoms with van der Waals surface area (Å²) < 4.78 is 11.9. The molecule has 0 aliphatic heterocycles. The van der Waals surface area contributed by atoms with E-state index < -0.39 is 0 Å². The zero-order chi connectivity index (χ0) is 17.7. The van der Waals surface area contributed by atoms with Gasteiger partial charge in [-0.2, -0.15) is 0 Å². The zero-order valence-electron chi connectivity index (χ0n) is 14.5. The lowest BCUT2D eigenvalue weighted by Gasteiger charge is -1.96. The van der Waals surface area contributed by atoms with Crippen molar-refractivity contribution in [2.75, 3.05) is 0 Å². The first-order valence-electron chi connectivity index (χ1n) is 8.51. The van der Waals surface area contributed by atoms with Crippen LogP contribution in [0, 0.1) is 13.8 Å². The van der Waals surface area contributed by atoms with Gasteiger partial charge in [0.25, 0.3) is 0 Å². The largest absolute Gasteiger partial charge is 0.436 e. The molecule has 4 nitrogen and oxygen atoms in total. The molecule has 0 N–H and O–H groups in total. The van der Waals surface area contributed by atoms with E-state index >= 15 is 0 Å². The SMILES string of the molecule is Cc1cccc(-c2nc3cc4nc(-c5cccc(C)c5)oc4cc3o2)c1. The predicted molar refractivity (Wildman–Crippen MR) is 102 cm³/mol. The second-order valence-electron chi connectivity index (χ2n) is 6.56. The van der Waals surface area contributed by atoms with Gasteiger partial charge < -0.3 is 8.83 Å². The van der Waals surface area contributed by atoms with Gasteiger partial charge in [-0.3, -0.25) is 0 Å². The Morgan fingerprint density at radius 2 is 1.12 bits per heavy atom. The molecule has 0 amide bonds. The maximum atomic E-state index is 5.95. The molecule has 0 fully saturated rings. The minimum atomic E-state index is 0.607. The Labute approximate surface area is 150 Å². The fraction of sp³-hybridized carbons (Fsp3) is 0.0909. The number of rotatable bonds is 2. The summed E-state index contributed by atoms with van der Waals surface area (Å²) in [6, 6.07) is 20.0. The summed E-state index contributed by atoms with van der Waals surface area (Å²) in [5.74, 6) is 1.21. The Morgan fingerprint density at radius 1 is 0.615 bits per heavy atom. The molecule has 2 aromatic heterocycles. The van der Waals surface area contributed by atoms with E-state index in [-0.39, 0.29) is 0 Å². The lowest BCUT2D eigenvalue weighted by molar-refractivity contribution is 0.609. The van der Waals surface area contributed by atoms with E-state index in [4.69, 9.17) is 8.83 Å². The predicted octanol–water partition coefficient (Wildman–Crippen LogP) is 5.92. The topological polar surface area (TPSA) is 52.1 Å².